The van der Waals surface area contributed by atoms with E-state index in [1.54, 1.807) is 32.2 Å². The number of methoxy groups -OCH3 is 2. The Kier molecular flexibility index (Phi) is 6.23. The topological polar surface area (TPSA) is 116 Å². The number of carbonyl (C=O) groups is 2. The van der Waals surface area contributed by atoms with Crippen LogP contribution in [-0.2, 0) is 4.79 Å². The Labute approximate surface area is 148 Å². The largest absolute Gasteiger partial charge is 0.493 e. The van der Waals surface area contributed by atoms with E-state index < -0.39 is 17.2 Å². The number of benzene rings is 1. The van der Waals surface area contributed by atoms with Crippen LogP contribution in [0.15, 0.2) is 27.8 Å². The summed E-state index contributed by atoms with van der Waals surface area (Å²) in [6.45, 7) is 1.63. The van der Waals surface area contributed by atoms with Gasteiger partial charge in [0.15, 0.2) is 11.5 Å². The van der Waals surface area contributed by atoms with Crippen molar-refractivity contribution in [2.45, 2.75) is 17.4 Å². The van der Waals surface area contributed by atoms with E-state index >= 15 is 0 Å². The minimum absolute atomic E-state index is 0.212. The van der Waals surface area contributed by atoms with Crippen molar-refractivity contribution in [3.63, 3.8) is 0 Å². The van der Waals surface area contributed by atoms with Gasteiger partial charge in [-0.15, -0.1) is 10.2 Å². The molecule has 1 aromatic carbocycles. The van der Waals surface area contributed by atoms with E-state index in [4.69, 9.17) is 13.9 Å². The number of hydrogen-bond acceptors (Lipinski definition) is 8. The molecule has 0 unspecified atom stereocenters. The molecule has 2 rings (SSSR count). The number of imide groups is 1. The molecule has 0 aliphatic rings. The number of nitrogens with zero attached hydrogens (tertiary/aromatic N) is 2. The summed E-state index contributed by atoms with van der Waals surface area (Å²) in [6.07, 6.45) is 0. The smallest absolute Gasteiger partial charge is 0.321 e. The Balaban J connectivity index is 2.09. The minimum atomic E-state index is -0.587. The van der Waals surface area contributed by atoms with E-state index in [0.29, 0.717) is 17.1 Å². The van der Waals surface area contributed by atoms with E-state index in [2.05, 4.69) is 20.8 Å². The maximum absolute atomic E-state index is 11.8. The summed E-state index contributed by atoms with van der Waals surface area (Å²) in [5.41, 5.74) is 0.652. The van der Waals surface area contributed by atoms with Gasteiger partial charge in [-0.3, -0.25) is 10.1 Å². The Morgan fingerprint density at radius 3 is 2.56 bits per heavy atom. The van der Waals surface area contributed by atoms with Gasteiger partial charge in [-0.2, -0.15) is 0 Å². The summed E-state index contributed by atoms with van der Waals surface area (Å²) < 4.78 is 16.0. The summed E-state index contributed by atoms with van der Waals surface area (Å²) in [6, 6.07) is 4.62. The first-order valence-electron chi connectivity index (χ1n) is 7.23. The summed E-state index contributed by atoms with van der Waals surface area (Å²) in [5.74, 6) is 0.933. The zero-order valence-electron chi connectivity index (χ0n) is 14.2. The monoisotopic (exact) mass is 366 g/mol. The molecule has 0 radical (unpaired) electrons. The standard InChI is InChI=1S/C15H18N4O5S/c1-8(12(20)17-14(21)16-2)25-15-19-18-13(24-15)9-5-6-10(22-3)11(7-9)23-4/h5-8H,1-4H3,(H2,16,17,20,21)/t8-/m0/s1. The fraction of sp³-hybridized carbons (Fsp3) is 0.333. The molecule has 2 aromatic rings. The van der Waals surface area contributed by atoms with Crippen molar-refractivity contribution in [3.05, 3.63) is 18.2 Å². The maximum Gasteiger partial charge on any atom is 0.321 e. The summed E-state index contributed by atoms with van der Waals surface area (Å²) in [5, 5.41) is 12.0. The zero-order chi connectivity index (χ0) is 18.4. The van der Waals surface area contributed by atoms with Gasteiger partial charge in [-0.1, -0.05) is 11.8 Å². The molecule has 0 fully saturated rings. The Bertz CT molecular complexity index is 764. The highest BCUT2D eigenvalue weighted by Gasteiger charge is 2.20. The molecule has 9 nitrogen and oxygen atoms in total. The third-order valence-corrected chi connectivity index (χ3v) is 4.08. The lowest BCUT2D eigenvalue weighted by atomic mass is 10.2. The predicted octanol–water partition coefficient (Wildman–Crippen LogP) is 1.69. The molecule has 10 heteroatoms. The van der Waals surface area contributed by atoms with Crippen LogP contribution in [0.4, 0.5) is 4.79 Å². The highest BCUT2D eigenvalue weighted by atomic mass is 32.2. The molecule has 25 heavy (non-hydrogen) atoms. The molecule has 0 bridgehead atoms. The van der Waals surface area contributed by atoms with Gasteiger partial charge in [-0.05, 0) is 25.1 Å². The van der Waals surface area contributed by atoms with Crippen LogP contribution < -0.4 is 20.1 Å². The number of amides is 3. The lowest BCUT2D eigenvalue weighted by molar-refractivity contribution is -0.119. The maximum atomic E-state index is 11.8. The third kappa shape index (κ3) is 4.63. The molecule has 2 N–H and O–H groups in total. The molecule has 0 saturated heterocycles. The number of hydrogen-bond donors (Lipinski definition) is 2. The predicted molar refractivity (Wildman–Crippen MR) is 90.8 cm³/mol. The SMILES string of the molecule is CNC(=O)NC(=O)[C@H](C)Sc1nnc(-c2ccc(OC)c(OC)c2)o1. The van der Waals surface area contributed by atoms with Gasteiger partial charge in [0.05, 0.1) is 19.5 Å². The van der Waals surface area contributed by atoms with Crippen molar-refractivity contribution in [2.24, 2.45) is 0 Å². The van der Waals surface area contributed by atoms with Crippen LogP contribution >= 0.6 is 11.8 Å². The van der Waals surface area contributed by atoms with Crippen LogP contribution in [0.1, 0.15) is 6.92 Å². The van der Waals surface area contributed by atoms with Crippen molar-refractivity contribution in [3.8, 4) is 23.0 Å². The van der Waals surface area contributed by atoms with Crippen LogP contribution in [0.25, 0.3) is 11.5 Å². The van der Waals surface area contributed by atoms with E-state index in [1.165, 1.54) is 14.2 Å². The molecular weight excluding hydrogens is 348 g/mol. The second-order valence-electron chi connectivity index (χ2n) is 4.77. The molecule has 0 aliphatic carbocycles. The molecule has 1 heterocycles. The lowest BCUT2D eigenvalue weighted by Crippen LogP contribution is -2.41. The van der Waals surface area contributed by atoms with E-state index in [-0.39, 0.29) is 11.1 Å². The number of thioether (sulfide) groups is 1. The second kappa shape index (κ2) is 8.38. The van der Waals surface area contributed by atoms with Crippen LogP contribution in [0.5, 0.6) is 11.5 Å². The van der Waals surface area contributed by atoms with Gasteiger partial charge in [0, 0.05) is 12.6 Å². The first kappa shape index (κ1) is 18.6. The van der Waals surface area contributed by atoms with Crippen molar-refractivity contribution in [1.82, 2.24) is 20.8 Å². The van der Waals surface area contributed by atoms with Gasteiger partial charge in [0.25, 0.3) is 5.22 Å². The molecule has 0 spiro atoms. The van der Waals surface area contributed by atoms with E-state index in [9.17, 15) is 9.59 Å². The quantitative estimate of drug-likeness (QED) is 0.742. The Morgan fingerprint density at radius 2 is 1.92 bits per heavy atom. The molecule has 0 saturated carbocycles. The number of ether oxygens (including phenoxy) is 2. The average molecular weight is 366 g/mol. The summed E-state index contributed by atoms with van der Waals surface area (Å²) >= 11 is 1.05. The number of rotatable bonds is 6. The zero-order valence-corrected chi connectivity index (χ0v) is 15.0. The number of urea groups is 1. The van der Waals surface area contributed by atoms with Crippen LogP contribution in [0.3, 0.4) is 0 Å². The summed E-state index contributed by atoms with van der Waals surface area (Å²) in [7, 11) is 4.50. The normalized spacial score (nSPS) is 11.5. The molecule has 1 aromatic heterocycles. The first-order valence-corrected chi connectivity index (χ1v) is 8.11. The van der Waals surface area contributed by atoms with Crippen molar-refractivity contribution in [1.29, 1.82) is 0 Å². The summed E-state index contributed by atoms with van der Waals surface area (Å²) in [4.78, 5) is 23.0. The van der Waals surface area contributed by atoms with Gasteiger partial charge < -0.3 is 19.2 Å². The van der Waals surface area contributed by atoms with Crippen molar-refractivity contribution in [2.75, 3.05) is 21.3 Å². The van der Waals surface area contributed by atoms with Gasteiger partial charge in [0.1, 0.15) is 0 Å². The van der Waals surface area contributed by atoms with E-state index in [1.807, 2.05) is 0 Å². The van der Waals surface area contributed by atoms with Gasteiger partial charge in [0.2, 0.25) is 11.8 Å². The molecule has 0 aliphatic heterocycles. The minimum Gasteiger partial charge on any atom is -0.493 e. The highest BCUT2D eigenvalue weighted by molar-refractivity contribution is 8.00. The number of nitrogens with one attached hydrogen (secondary N) is 2. The van der Waals surface area contributed by atoms with E-state index in [0.717, 1.165) is 11.8 Å². The van der Waals surface area contributed by atoms with Gasteiger partial charge in [-0.25, -0.2) is 4.79 Å². The second-order valence-corrected chi connectivity index (χ2v) is 6.06. The first-order chi connectivity index (χ1) is 12.0. The Morgan fingerprint density at radius 1 is 1.20 bits per heavy atom. The van der Waals surface area contributed by atoms with Crippen molar-refractivity contribution < 1.29 is 23.5 Å². The molecule has 134 valence electrons. The molecular formula is C15H18N4O5S. The molecule has 1 atom stereocenters. The number of carbonyl (C=O) groups excluding carboxylic acids is 2. The fourth-order valence-electron chi connectivity index (χ4n) is 1.82. The number of aromatic nitrogens is 2. The Hall–Kier alpha value is -2.75. The van der Waals surface area contributed by atoms with Crippen LogP contribution in [0, 0.1) is 0 Å². The lowest BCUT2D eigenvalue weighted by Gasteiger charge is -2.08. The molecule has 3 amide bonds. The third-order valence-electron chi connectivity index (χ3n) is 3.15. The fourth-order valence-corrected chi connectivity index (χ4v) is 2.51. The van der Waals surface area contributed by atoms with Crippen molar-refractivity contribution >= 4 is 23.7 Å². The average Bonchev–Trinajstić information content (AvgIpc) is 3.09. The highest BCUT2D eigenvalue weighted by Crippen LogP contribution is 2.33. The van der Waals surface area contributed by atoms with Gasteiger partial charge >= 0.3 is 6.03 Å². The van der Waals surface area contributed by atoms with Crippen LogP contribution in [-0.4, -0.2) is 48.7 Å². The van der Waals surface area contributed by atoms with Crippen LogP contribution in [0.2, 0.25) is 0 Å².